The molecule has 5 heteroatoms. The van der Waals surface area contributed by atoms with Gasteiger partial charge in [-0.15, -0.1) is 0 Å². The Kier molecular flexibility index (Phi) is 5.33. The Morgan fingerprint density at radius 3 is 2.36 bits per heavy atom. The molecule has 0 atom stereocenters. The number of nitrogens with zero attached hydrogens (tertiary/aromatic N) is 2. The van der Waals surface area contributed by atoms with Crippen LogP contribution in [0.15, 0.2) is 54.6 Å². The molecule has 25 heavy (non-hydrogen) atoms. The van der Waals surface area contributed by atoms with Crippen molar-refractivity contribution in [3.8, 4) is 0 Å². The van der Waals surface area contributed by atoms with Crippen molar-refractivity contribution in [2.24, 2.45) is 0 Å². The molecule has 0 bridgehead atoms. The fourth-order valence-electron chi connectivity index (χ4n) is 3.05. The van der Waals surface area contributed by atoms with Crippen LogP contribution in [0.25, 0.3) is 0 Å². The fraction of sp³-hybridized carbons (Fsp3) is 0.300. The predicted molar refractivity (Wildman–Crippen MR) is 99.7 cm³/mol. The molecule has 0 aromatic heterocycles. The highest BCUT2D eigenvalue weighted by molar-refractivity contribution is 5.92. The summed E-state index contributed by atoms with van der Waals surface area (Å²) in [5.41, 5.74) is 2.87. The smallest absolute Gasteiger partial charge is 0.228 e. The van der Waals surface area contributed by atoms with Crippen LogP contribution in [0.4, 0.5) is 11.4 Å². The van der Waals surface area contributed by atoms with E-state index in [0.717, 1.165) is 43.1 Å². The van der Waals surface area contributed by atoms with Gasteiger partial charge in [-0.05, 0) is 23.8 Å². The highest BCUT2D eigenvalue weighted by atomic mass is 16.2. The SMILES string of the molecule is CC(=O)N1CCN(c2cccc(NC(=O)Cc3ccccc3)c2)CC1. The topological polar surface area (TPSA) is 52.7 Å². The van der Waals surface area contributed by atoms with E-state index in [1.807, 2.05) is 59.5 Å². The minimum absolute atomic E-state index is 0.0234. The molecule has 1 heterocycles. The van der Waals surface area contributed by atoms with E-state index in [1.54, 1.807) is 6.92 Å². The summed E-state index contributed by atoms with van der Waals surface area (Å²) in [4.78, 5) is 27.8. The van der Waals surface area contributed by atoms with Crippen LogP contribution in [0, 0.1) is 0 Å². The summed E-state index contributed by atoms with van der Waals surface area (Å²) in [6, 6.07) is 17.6. The Bertz CT molecular complexity index is 738. The van der Waals surface area contributed by atoms with Crippen LogP contribution in [0.1, 0.15) is 12.5 Å². The van der Waals surface area contributed by atoms with E-state index < -0.39 is 0 Å². The largest absolute Gasteiger partial charge is 0.368 e. The van der Waals surface area contributed by atoms with Crippen LogP contribution in [0.2, 0.25) is 0 Å². The summed E-state index contributed by atoms with van der Waals surface area (Å²) in [6.45, 7) is 4.69. The highest BCUT2D eigenvalue weighted by Crippen LogP contribution is 2.21. The van der Waals surface area contributed by atoms with Gasteiger partial charge in [-0.3, -0.25) is 9.59 Å². The molecule has 5 nitrogen and oxygen atoms in total. The predicted octanol–water partition coefficient (Wildman–Crippen LogP) is 2.54. The molecule has 0 spiro atoms. The minimum atomic E-state index is -0.0234. The van der Waals surface area contributed by atoms with E-state index in [-0.39, 0.29) is 11.8 Å². The van der Waals surface area contributed by atoms with E-state index in [2.05, 4.69) is 10.2 Å². The van der Waals surface area contributed by atoms with Gasteiger partial charge in [0.1, 0.15) is 0 Å². The molecule has 1 aliphatic rings. The van der Waals surface area contributed by atoms with E-state index in [9.17, 15) is 9.59 Å². The number of carbonyl (C=O) groups excluding carboxylic acids is 2. The zero-order chi connectivity index (χ0) is 17.6. The minimum Gasteiger partial charge on any atom is -0.368 e. The lowest BCUT2D eigenvalue weighted by Crippen LogP contribution is -2.48. The lowest BCUT2D eigenvalue weighted by Gasteiger charge is -2.35. The summed E-state index contributed by atoms with van der Waals surface area (Å²) in [5, 5.41) is 2.97. The molecule has 2 aromatic rings. The number of benzene rings is 2. The van der Waals surface area contributed by atoms with Crippen LogP contribution in [0.5, 0.6) is 0 Å². The van der Waals surface area contributed by atoms with Gasteiger partial charge < -0.3 is 15.1 Å². The third-order valence-electron chi connectivity index (χ3n) is 4.43. The first-order chi connectivity index (χ1) is 12.1. The molecular weight excluding hydrogens is 314 g/mol. The molecule has 0 radical (unpaired) electrons. The van der Waals surface area contributed by atoms with Crippen LogP contribution in [0.3, 0.4) is 0 Å². The number of anilines is 2. The maximum atomic E-state index is 12.2. The molecular formula is C20H23N3O2. The van der Waals surface area contributed by atoms with E-state index in [1.165, 1.54) is 0 Å². The first kappa shape index (κ1) is 17.0. The van der Waals surface area contributed by atoms with Crippen molar-refractivity contribution in [2.75, 3.05) is 36.4 Å². The molecule has 1 N–H and O–H groups in total. The van der Waals surface area contributed by atoms with Crippen LogP contribution in [-0.2, 0) is 16.0 Å². The first-order valence-electron chi connectivity index (χ1n) is 8.56. The van der Waals surface area contributed by atoms with Gasteiger partial charge in [-0.1, -0.05) is 36.4 Å². The Hall–Kier alpha value is -2.82. The third-order valence-corrected chi connectivity index (χ3v) is 4.43. The molecule has 2 aromatic carbocycles. The molecule has 0 aliphatic carbocycles. The van der Waals surface area contributed by atoms with Crippen molar-refractivity contribution in [1.29, 1.82) is 0 Å². The number of piperazine rings is 1. The van der Waals surface area contributed by atoms with Gasteiger partial charge in [0, 0.05) is 44.5 Å². The number of nitrogens with one attached hydrogen (secondary N) is 1. The van der Waals surface area contributed by atoms with Crippen molar-refractivity contribution in [1.82, 2.24) is 4.90 Å². The normalized spacial score (nSPS) is 14.3. The van der Waals surface area contributed by atoms with Crippen molar-refractivity contribution < 1.29 is 9.59 Å². The number of hydrogen-bond donors (Lipinski definition) is 1. The van der Waals surface area contributed by atoms with Gasteiger partial charge in [0.05, 0.1) is 6.42 Å². The summed E-state index contributed by atoms with van der Waals surface area (Å²) in [7, 11) is 0. The zero-order valence-corrected chi connectivity index (χ0v) is 14.4. The Morgan fingerprint density at radius 1 is 0.960 bits per heavy atom. The van der Waals surface area contributed by atoms with Gasteiger partial charge in [0.2, 0.25) is 11.8 Å². The summed E-state index contributed by atoms with van der Waals surface area (Å²) >= 11 is 0. The summed E-state index contributed by atoms with van der Waals surface area (Å²) in [5.74, 6) is 0.103. The van der Waals surface area contributed by atoms with Crippen LogP contribution < -0.4 is 10.2 Å². The second kappa shape index (κ2) is 7.83. The van der Waals surface area contributed by atoms with Gasteiger partial charge in [-0.25, -0.2) is 0 Å². The average Bonchev–Trinajstić information content (AvgIpc) is 2.63. The van der Waals surface area contributed by atoms with Crippen LogP contribution in [-0.4, -0.2) is 42.9 Å². The second-order valence-corrected chi connectivity index (χ2v) is 6.25. The Labute approximate surface area is 148 Å². The monoisotopic (exact) mass is 337 g/mol. The average molecular weight is 337 g/mol. The van der Waals surface area contributed by atoms with Crippen LogP contribution >= 0.6 is 0 Å². The molecule has 1 saturated heterocycles. The lowest BCUT2D eigenvalue weighted by molar-refractivity contribution is -0.129. The molecule has 3 rings (SSSR count). The van der Waals surface area contributed by atoms with E-state index in [0.29, 0.717) is 6.42 Å². The summed E-state index contributed by atoms with van der Waals surface area (Å²) < 4.78 is 0. The van der Waals surface area contributed by atoms with Crippen molar-refractivity contribution in [2.45, 2.75) is 13.3 Å². The molecule has 0 unspecified atom stereocenters. The standard InChI is InChI=1S/C20H23N3O2/c1-16(24)22-10-12-23(13-11-22)19-9-5-8-18(15-19)21-20(25)14-17-6-3-2-4-7-17/h2-9,15H,10-14H2,1H3,(H,21,25). The lowest BCUT2D eigenvalue weighted by atomic mass is 10.1. The maximum absolute atomic E-state index is 12.2. The van der Waals surface area contributed by atoms with Gasteiger partial charge in [0.25, 0.3) is 0 Å². The molecule has 1 aliphatic heterocycles. The third kappa shape index (κ3) is 4.59. The number of carbonyl (C=O) groups is 2. The van der Waals surface area contributed by atoms with Crippen molar-refractivity contribution in [3.63, 3.8) is 0 Å². The van der Waals surface area contributed by atoms with Crippen molar-refractivity contribution >= 4 is 23.2 Å². The zero-order valence-electron chi connectivity index (χ0n) is 14.4. The number of hydrogen-bond acceptors (Lipinski definition) is 3. The number of amides is 2. The molecule has 130 valence electrons. The maximum Gasteiger partial charge on any atom is 0.228 e. The fourth-order valence-corrected chi connectivity index (χ4v) is 3.05. The van der Waals surface area contributed by atoms with Gasteiger partial charge in [-0.2, -0.15) is 0 Å². The van der Waals surface area contributed by atoms with Crippen molar-refractivity contribution in [3.05, 3.63) is 60.2 Å². The number of rotatable bonds is 4. The van der Waals surface area contributed by atoms with E-state index >= 15 is 0 Å². The molecule has 1 fully saturated rings. The Morgan fingerprint density at radius 2 is 1.68 bits per heavy atom. The van der Waals surface area contributed by atoms with Gasteiger partial charge in [0.15, 0.2) is 0 Å². The first-order valence-corrected chi connectivity index (χ1v) is 8.56. The molecule has 2 amide bonds. The van der Waals surface area contributed by atoms with Gasteiger partial charge >= 0.3 is 0 Å². The highest BCUT2D eigenvalue weighted by Gasteiger charge is 2.19. The molecule has 0 saturated carbocycles. The summed E-state index contributed by atoms with van der Waals surface area (Å²) in [6.07, 6.45) is 0.363. The quantitative estimate of drug-likeness (QED) is 0.933. The second-order valence-electron chi connectivity index (χ2n) is 6.25. The van der Waals surface area contributed by atoms with E-state index in [4.69, 9.17) is 0 Å². The Balaban J connectivity index is 1.60.